The Hall–Kier alpha value is -3.07. The molecule has 1 saturated heterocycles. The summed E-state index contributed by atoms with van der Waals surface area (Å²) in [5.74, 6) is 2.12. The van der Waals surface area contributed by atoms with E-state index >= 15 is 0 Å². The number of hydrogen-bond donors (Lipinski definition) is 0. The number of rotatable bonds is 3. The van der Waals surface area contributed by atoms with E-state index in [4.69, 9.17) is 9.47 Å². The van der Waals surface area contributed by atoms with Gasteiger partial charge in [-0.1, -0.05) is 36.1 Å². The van der Waals surface area contributed by atoms with Crippen LogP contribution in [0, 0.1) is 29.3 Å². The maximum absolute atomic E-state index is 13.8. The van der Waals surface area contributed by atoms with Crippen molar-refractivity contribution in [1.29, 1.82) is 0 Å². The highest BCUT2D eigenvalue weighted by molar-refractivity contribution is 5.84. The SMILES string of the molecule is C=CCC1COC(c2ccc(C#Cc3ccc4c(F)c(F)c(F)cc4c3)cc2)CO1. The highest BCUT2D eigenvalue weighted by atomic mass is 19.2. The monoisotopic (exact) mass is 408 g/mol. The van der Waals surface area contributed by atoms with Gasteiger partial charge < -0.3 is 9.47 Å². The van der Waals surface area contributed by atoms with Crippen LogP contribution in [0.4, 0.5) is 13.2 Å². The van der Waals surface area contributed by atoms with E-state index in [2.05, 4.69) is 18.4 Å². The lowest BCUT2D eigenvalue weighted by atomic mass is 10.0. The van der Waals surface area contributed by atoms with Gasteiger partial charge in [-0.25, -0.2) is 13.2 Å². The Morgan fingerprint density at radius 2 is 1.63 bits per heavy atom. The average Bonchev–Trinajstić information content (AvgIpc) is 2.77. The lowest BCUT2D eigenvalue weighted by molar-refractivity contribution is -0.133. The van der Waals surface area contributed by atoms with Gasteiger partial charge in [-0.3, -0.25) is 0 Å². The predicted octanol–water partition coefficient (Wildman–Crippen LogP) is 5.69. The van der Waals surface area contributed by atoms with Gasteiger partial charge in [-0.15, -0.1) is 6.58 Å². The third-order valence-corrected chi connectivity index (χ3v) is 5.00. The summed E-state index contributed by atoms with van der Waals surface area (Å²) in [6.45, 7) is 4.74. The Balaban J connectivity index is 1.48. The largest absolute Gasteiger partial charge is 0.372 e. The lowest BCUT2D eigenvalue weighted by Crippen LogP contribution is -2.30. The van der Waals surface area contributed by atoms with Crippen molar-refractivity contribution in [2.24, 2.45) is 0 Å². The summed E-state index contributed by atoms with van der Waals surface area (Å²) in [5.41, 5.74) is 2.38. The van der Waals surface area contributed by atoms with E-state index in [0.717, 1.165) is 23.6 Å². The lowest BCUT2D eigenvalue weighted by Gasteiger charge is -2.29. The van der Waals surface area contributed by atoms with Gasteiger partial charge >= 0.3 is 0 Å². The molecule has 0 amide bonds. The van der Waals surface area contributed by atoms with E-state index in [9.17, 15) is 13.2 Å². The van der Waals surface area contributed by atoms with Crippen molar-refractivity contribution in [3.8, 4) is 11.8 Å². The second kappa shape index (κ2) is 8.74. The molecule has 2 atom stereocenters. The van der Waals surface area contributed by atoms with Crippen molar-refractivity contribution in [2.45, 2.75) is 18.6 Å². The molecule has 1 heterocycles. The van der Waals surface area contributed by atoms with Crippen LogP contribution in [0.3, 0.4) is 0 Å². The van der Waals surface area contributed by atoms with Crippen LogP contribution < -0.4 is 0 Å². The van der Waals surface area contributed by atoms with Crippen LogP contribution in [0.5, 0.6) is 0 Å². The first kappa shape index (κ1) is 20.2. The first-order valence-electron chi connectivity index (χ1n) is 9.58. The van der Waals surface area contributed by atoms with E-state index in [1.54, 1.807) is 6.07 Å². The van der Waals surface area contributed by atoms with Crippen molar-refractivity contribution in [3.05, 3.63) is 95.3 Å². The fourth-order valence-corrected chi connectivity index (χ4v) is 3.37. The van der Waals surface area contributed by atoms with Crippen LogP contribution in [-0.2, 0) is 9.47 Å². The Labute approximate surface area is 172 Å². The molecule has 2 nitrogen and oxygen atoms in total. The Morgan fingerprint density at radius 1 is 0.900 bits per heavy atom. The normalized spacial score (nSPS) is 18.6. The quantitative estimate of drug-likeness (QED) is 0.315. The second-order valence-electron chi connectivity index (χ2n) is 7.10. The third kappa shape index (κ3) is 4.25. The van der Waals surface area contributed by atoms with Gasteiger partial charge in [-0.05, 0) is 47.7 Å². The molecule has 0 N–H and O–H groups in total. The minimum atomic E-state index is -1.47. The van der Waals surface area contributed by atoms with Gasteiger partial charge in [0.1, 0.15) is 6.10 Å². The molecule has 0 saturated carbocycles. The maximum Gasteiger partial charge on any atom is 0.195 e. The molecule has 0 bridgehead atoms. The molecular weight excluding hydrogens is 389 g/mol. The zero-order valence-electron chi connectivity index (χ0n) is 16.1. The van der Waals surface area contributed by atoms with Gasteiger partial charge in [0.25, 0.3) is 0 Å². The maximum atomic E-state index is 13.8. The summed E-state index contributed by atoms with van der Waals surface area (Å²) in [4.78, 5) is 0. The molecule has 5 heteroatoms. The van der Waals surface area contributed by atoms with Crippen molar-refractivity contribution in [2.75, 3.05) is 13.2 Å². The van der Waals surface area contributed by atoms with Gasteiger partial charge in [0.2, 0.25) is 0 Å². The van der Waals surface area contributed by atoms with Crippen LogP contribution >= 0.6 is 0 Å². The number of fused-ring (bicyclic) bond motifs is 1. The van der Waals surface area contributed by atoms with Gasteiger partial charge in [-0.2, -0.15) is 0 Å². The number of benzene rings is 3. The Morgan fingerprint density at radius 3 is 2.33 bits per heavy atom. The van der Waals surface area contributed by atoms with E-state index in [1.165, 1.54) is 12.1 Å². The molecular formula is C25H19F3O2. The first-order chi connectivity index (χ1) is 14.5. The predicted molar refractivity (Wildman–Crippen MR) is 109 cm³/mol. The molecule has 4 rings (SSSR count). The second-order valence-corrected chi connectivity index (χ2v) is 7.10. The van der Waals surface area contributed by atoms with Crippen molar-refractivity contribution in [3.63, 3.8) is 0 Å². The first-order valence-corrected chi connectivity index (χ1v) is 9.58. The molecule has 0 spiro atoms. The van der Waals surface area contributed by atoms with E-state index in [0.29, 0.717) is 18.8 Å². The average molecular weight is 408 g/mol. The molecule has 30 heavy (non-hydrogen) atoms. The molecule has 1 aliphatic heterocycles. The standard InChI is InChI=1S/C25H19F3O2/c1-2-3-20-14-30-23(15-29-20)18-9-6-16(7-10-18)4-5-17-8-11-21-19(12-17)13-22(26)25(28)24(21)27/h2,6-13,20,23H,1,3,14-15H2. The van der Waals surface area contributed by atoms with Gasteiger partial charge in [0, 0.05) is 16.5 Å². The summed E-state index contributed by atoms with van der Waals surface area (Å²) < 4.78 is 52.3. The summed E-state index contributed by atoms with van der Waals surface area (Å²) >= 11 is 0. The summed E-state index contributed by atoms with van der Waals surface area (Å²) in [7, 11) is 0. The van der Waals surface area contributed by atoms with Gasteiger partial charge in [0.15, 0.2) is 17.5 Å². The van der Waals surface area contributed by atoms with Crippen LogP contribution in [0.2, 0.25) is 0 Å². The Bertz CT molecular complexity index is 1130. The number of ether oxygens (including phenoxy) is 2. The third-order valence-electron chi connectivity index (χ3n) is 5.00. The van der Waals surface area contributed by atoms with Crippen molar-refractivity contribution in [1.82, 2.24) is 0 Å². The molecule has 0 aliphatic carbocycles. The fraction of sp³-hybridized carbons (Fsp3) is 0.200. The zero-order valence-corrected chi connectivity index (χ0v) is 16.1. The van der Waals surface area contributed by atoms with Crippen LogP contribution in [0.1, 0.15) is 29.2 Å². The summed E-state index contributed by atoms with van der Waals surface area (Å²) in [5, 5.41) is 0.284. The fourth-order valence-electron chi connectivity index (χ4n) is 3.37. The van der Waals surface area contributed by atoms with Crippen LogP contribution in [-0.4, -0.2) is 19.3 Å². The topological polar surface area (TPSA) is 18.5 Å². The zero-order chi connectivity index (χ0) is 21.1. The summed E-state index contributed by atoms with van der Waals surface area (Å²) in [6, 6.07) is 13.2. The molecule has 0 radical (unpaired) electrons. The van der Waals surface area contributed by atoms with E-state index < -0.39 is 17.5 Å². The minimum absolute atomic E-state index is 0.0221. The minimum Gasteiger partial charge on any atom is -0.372 e. The highest BCUT2D eigenvalue weighted by Gasteiger charge is 2.22. The van der Waals surface area contributed by atoms with Gasteiger partial charge in [0.05, 0.1) is 19.3 Å². The van der Waals surface area contributed by atoms with E-state index in [1.807, 2.05) is 30.3 Å². The molecule has 152 valence electrons. The smallest absolute Gasteiger partial charge is 0.195 e. The highest BCUT2D eigenvalue weighted by Crippen LogP contribution is 2.25. The van der Waals surface area contributed by atoms with E-state index in [-0.39, 0.29) is 23.0 Å². The number of hydrogen-bond acceptors (Lipinski definition) is 2. The molecule has 3 aromatic rings. The Kier molecular flexibility index (Phi) is 5.89. The molecule has 1 fully saturated rings. The van der Waals surface area contributed by atoms with Crippen molar-refractivity contribution >= 4 is 10.8 Å². The number of halogens is 3. The molecule has 0 aromatic heterocycles. The summed E-state index contributed by atoms with van der Waals surface area (Å²) in [6.07, 6.45) is 2.54. The van der Waals surface area contributed by atoms with Crippen molar-refractivity contribution < 1.29 is 22.6 Å². The molecule has 1 aliphatic rings. The van der Waals surface area contributed by atoms with Crippen LogP contribution in [0.25, 0.3) is 10.8 Å². The van der Waals surface area contributed by atoms with Crippen LogP contribution in [0.15, 0.2) is 61.2 Å². The molecule has 2 unspecified atom stereocenters. The molecule has 3 aromatic carbocycles.